The molecule has 0 radical (unpaired) electrons. The van der Waals surface area contributed by atoms with Crippen LogP contribution in [0.5, 0.6) is 0 Å². The minimum Gasteiger partial charge on any atom is -0.373 e. The van der Waals surface area contributed by atoms with Gasteiger partial charge in [0.05, 0.1) is 18.8 Å². The molecule has 32 heavy (non-hydrogen) atoms. The van der Waals surface area contributed by atoms with E-state index in [1.54, 1.807) is 7.05 Å². The number of carbonyl (C=O) groups is 1. The van der Waals surface area contributed by atoms with Crippen molar-refractivity contribution in [3.8, 4) is 0 Å². The molecule has 4 rings (SSSR count). The average Bonchev–Trinajstić information content (AvgIpc) is 3.25. The summed E-state index contributed by atoms with van der Waals surface area (Å²) in [5, 5.41) is 6.13. The second-order valence-electron chi connectivity index (χ2n) is 8.02. The van der Waals surface area contributed by atoms with Gasteiger partial charge in [0, 0.05) is 52.4 Å². The molecular formula is C24H32IN5O2. The lowest BCUT2D eigenvalue weighted by Gasteiger charge is -2.36. The van der Waals surface area contributed by atoms with Crippen LogP contribution in [0.3, 0.4) is 0 Å². The third-order valence-electron chi connectivity index (χ3n) is 6.02. The van der Waals surface area contributed by atoms with E-state index >= 15 is 0 Å². The van der Waals surface area contributed by atoms with Crippen LogP contribution >= 0.6 is 24.0 Å². The first-order valence-corrected chi connectivity index (χ1v) is 10.8. The van der Waals surface area contributed by atoms with Crippen LogP contribution in [-0.4, -0.2) is 74.1 Å². The van der Waals surface area contributed by atoms with Crippen molar-refractivity contribution in [3.05, 3.63) is 71.3 Å². The van der Waals surface area contributed by atoms with Gasteiger partial charge < -0.3 is 20.3 Å². The first-order valence-electron chi connectivity index (χ1n) is 10.8. The Morgan fingerprint density at radius 3 is 2.66 bits per heavy atom. The summed E-state index contributed by atoms with van der Waals surface area (Å²) in [7, 11) is 3.46. The standard InChI is InChI=1S/C24H31N5O2.HI/c1-25-23(30)20-10-6-9-19(13-20)14-27-24(26-2)29-16-21-22(17-29)31-12-11-28(21)15-18-7-4-3-5-8-18;/h3-10,13,21-22H,11-12,14-17H2,1-2H3,(H,25,30)(H,26,27);1H. The number of hydrogen-bond acceptors (Lipinski definition) is 4. The number of ether oxygens (including phenoxy) is 1. The summed E-state index contributed by atoms with van der Waals surface area (Å²) in [6.45, 7) is 4.97. The number of likely N-dealkylation sites (tertiary alicyclic amines) is 1. The molecule has 2 atom stereocenters. The highest BCUT2D eigenvalue weighted by atomic mass is 127. The second-order valence-corrected chi connectivity index (χ2v) is 8.02. The molecular weight excluding hydrogens is 517 g/mol. The number of halogens is 1. The normalized spacial score (nSPS) is 20.9. The Kier molecular flexibility index (Phi) is 8.89. The maximum Gasteiger partial charge on any atom is 0.251 e. The summed E-state index contributed by atoms with van der Waals surface area (Å²) < 4.78 is 6.10. The molecule has 0 aliphatic carbocycles. The molecule has 172 valence electrons. The molecule has 8 heteroatoms. The van der Waals surface area contributed by atoms with E-state index in [0.29, 0.717) is 18.2 Å². The number of fused-ring (bicyclic) bond motifs is 1. The maximum absolute atomic E-state index is 11.9. The van der Waals surface area contributed by atoms with Crippen LogP contribution in [0.2, 0.25) is 0 Å². The van der Waals surface area contributed by atoms with Gasteiger partial charge in [-0.25, -0.2) is 0 Å². The van der Waals surface area contributed by atoms with E-state index in [-0.39, 0.29) is 36.0 Å². The van der Waals surface area contributed by atoms with Crippen LogP contribution in [0.15, 0.2) is 59.6 Å². The predicted octanol–water partition coefficient (Wildman–Crippen LogP) is 2.32. The molecule has 0 aromatic heterocycles. The largest absolute Gasteiger partial charge is 0.373 e. The molecule has 2 heterocycles. The third-order valence-corrected chi connectivity index (χ3v) is 6.02. The van der Waals surface area contributed by atoms with E-state index in [2.05, 4.69) is 55.8 Å². The van der Waals surface area contributed by atoms with Gasteiger partial charge in [-0.3, -0.25) is 14.7 Å². The molecule has 2 aliphatic heterocycles. The second kappa shape index (κ2) is 11.6. The molecule has 2 aromatic rings. The van der Waals surface area contributed by atoms with Crippen molar-refractivity contribution in [2.75, 3.05) is 40.3 Å². The number of nitrogens with zero attached hydrogens (tertiary/aromatic N) is 3. The Morgan fingerprint density at radius 1 is 1.12 bits per heavy atom. The summed E-state index contributed by atoms with van der Waals surface area (Å²) in [5.41, 5.74) is 3.04. The summed E-state index contributed by atoms with van der Waals surface area (Å²) in [5.74, 6) is 0.786. The predicted molar refractivity (Wildman–Crippen MR) is 137 cm³/mol. The lowest BCUT2D eigenvalue weighted by atomic mass is 10.1. The van der Waals surface area contributed by atoms with E-state index < -0.39 is 0 Å². The molecule has 0 saturated carbocycles. The summed E-state index contributed by atoms with van der Waals surface area (Å²) in [6, 6.07) is 18.6. The van der Waals surface area contributed by atoms with Gasteiger partial charge >= 0.3 is 0 Å². The Labute approximate surface area is 207 Å². The molecule has 2 fully saturated rings. The number of hydrogen-bond donors (Lipinski definition) is 2. The average molecular weight is 549 g/mol. The van der Waals surface area contributed by atoms with E-state index in [0.717, 1.165) is 44.3 Å². The van der Waals surface area contributed by atoms with Gasteiger partial charge in [-0.1, -0.05) is 42.5 Å². The van der Waals surface area contributed by atoms with Gasteiger partial charge in [0.25, 0.3) is 5.91 Å². The SMILES string of the molecule is CN=C(NCc1cccc(C(=O)NC)c1)N1CC2OCCN(Cc3ccccc3)C2C1.I. The van der Waals surface area contributed by atoms with Crippen molar-refractivity contribution in [1.29, 1.82) is 0 Å². The Balaban J connectivity index is 0.00000289. The van der Waals surface area contributed by atoms with Crippen molar-refractivity contribution in [2.24, 2.45) is 4.99 Å². The lowest BCUT2D eigenvalue weighted by molar-refractivity contribution is -0.0502. The minimum absolute atomic E-state index is 0. The van der Waals surface area contributed by atoms with Crippen LogP contribution in [0, 0.1) is 0 Å². The van der Waals surface area contributed by atoms with Gasteiger partial charge in [-0.15, -0.1) is 24.0 Å². The smallest absolute Gasteiger partial charge is 0.251 e. The van der Waals surface area contributed by atoms with Crippen LogP contribution in [0.4, 0.5) is 0 Å². The number of rotatable bonds is 5. The molecule has 2 aliphatic rings. The monoisotopic (exact) mass is 549 g/mol. The van der Waals surface area contributed by atoms with E-state index in [1.807, 2.05) is 31.3 Å². The Morgan fingerprint density at radius 2 is 1.91 bits per heavy atom. The maximum atomic E-state index is 11.9. The number of morpholine rings is 1. The fourth-order valence-corrected chi connectivity index (χ4v) is 4.43. The van der Waals surface area contributed by atoms with Gasteiger partial charge in [-0.2, -0.15) is 0 Å². The number of benzene rings is 2. The number of aliphatic imine (C=N–C) groups is 1. The van der Waals surface area contributed by atoms with Crippen LogP contribution in [-0.2, 0) is 17.8 Å². The van der Waals surface area contributed by atoms with E-state index in [4.69, 9.17) is 4.74 Å². The fraction of sp³-hybridized carbons (Fsp3) is 0.417. The lowest BCUT2D eigenvalue weighted by Crippen LogP contribution is -2.50. The zero-order valence-corrected chi connectivity index (χ0v) is 21.0. The topological polar surface area (TPSA) is 69.2 Å². The molecule has 2 unspecified atom stereocenters. The van der Waals surface area contributed by atoms with Crippen LogP contribution < -0.4 is 10.6 Å². The summed E-state index contributed by atoms with van der Waals surface area (Å²) in [6.07, 6.45) is 0.188. The van der Waals surface area contributed by atoms with Gasteiger partial charge in [0.2, 0.25) is 0 Å². The zero-order valence-electron chi connectivity index (χ0n) is 18.7. The van der Waals surface area contributed by atoms with Crippen molar-refractivity contribution in [3.63, 3.8) is 0 Å². The molecule has 1 amide bonds. The Hall–Kier alpha value is -2.17. The fourth-order valence-electron chi connectivity index (χ4n) is 4.43. The Bertz CT molecular complexity index is 924. The van der Waals surface area contributed by atoms with E-state index in [9.17, 15) is 4.79 Å². The highest BCUT2D eigenvalue weighted by molar-refractivity contribution is 14.0. The van der Waals surface area contributed by atoms with Crippen molar-refractivity contribution in [2.45, 2.75) is 25.2 Å². The molecule has 2 aromatic carbocycles. The van der Waals surface area contributed by atoms with E-state index in [1.165, 1.54) is 5.56 Å². The summed E-state index contributed by atoms with van der Waals surface area (Å²) in [4.78, 5) is 21.2. The van der Waals surface area contributed by atoms with Gasteiger partial charge in [-0.05, 0) is 23.3 Å². The molecule has 2 N–H and O–H groups in total. The molecule has 0 bridgehead atoms. The summed E-state index contributed by atoms with van der Waals surface area (Å²) >= 11 is 0. The number of nitrogens with one attached hydrogen (secondary N) is 2. The number of amides is 1. The van der Waals surface area contributed by atoms with Gasteiger partial charge in [0.15, 0.2) is 5.96 Å². The van der Waals surface area contributed by atoms with Crippen molar-refractivity contribution < 1.29 is 9.53 Å². The first-order chi connectivity index (χ1) is 15.2. The van der Waals surface area contributed by atoms with Gasteiger partial charge in [0.1, 0.15) is 0 Å². The third kappa shape index (κ3) is 5.79. The minimum atomic E-state index is -0.0782. The number of carbonyl (C=O) groups excluding carboxylic acids is 1. The molecule has 2 saturated heterocycles. The number of guanidine groups is 1. The van der Waals surface area contributed by atoms with Crippen LogP contribution in [0.1, 0.15) is 21.5 Å². The van der Waals surface area contributed by atoms with Crippen molar-refractivity contribution in [1.82, 2.24) is 20.4 Å². The molecule has 0 spiro atoms. The highest BCUT2D eigenvalue weighted by Gasteiger charge is 2.41. The first kappa shape index (κ1) is 24.5. The quantitative estimate of drug-likeness (QED) is 0.341. The van der Waals surface area contributed by atoms with Crippen LogP contribution in [0.25, 0.3) is 0 Å². The zero-order chi connectivity index (χ0) is 21.6. The highest BCUT2D eigenvalue weighted by Crippen LogP contribution is 2.24. The van der Waals surface area contributed by atoms with Crippen molar-refractivity contribution >= 4 is 35.8 Å². The molecule has 7 nitrogen and oxygen atoms in total.